The molecule has 0 saturated heterocycles. The van der Waals surface area contributed by atoms with Crippen LogP contribution in [0.25, 0.3) is 0 Å². The van der Waals surface area contributed by atoms with Gasteiger partial charge in [-0.3, -0.25) is 0 Å². The summed E-state index contributed by atoms with van der Waals surface area (Å²) in [5.74, 6) is 0.712. The minimum atomic E-state index is -0.328. The number of hydrogen-bond donors (Lipinski definition) is 0. The Balaban J connectivity index is 2.22. The summed E-state index contributed by atoms with van der Waals surface area (Å²) in [7, 11) is 0. The number of ether oxygens (including phenoxy) is 1. The van der Waals surface area contributed by atoms with Crippen molar-refractivity contribution in [1.29, 1.82) is 0 Å². The first-order chi connectivity index (χ1) is 8.19. The second kappa shape index (κ2) is 5.52. The van der Waals surface area contributed by atoms with Gasteiger partial charge >= 0.3 is 0 Å². The van der Waals surface area contributed by atoms with Crippen LogP contribution in [0.2, 0.25) is 5.02 Å². The summed E-state index contributed by atoms with van der Waals surface area (Å²) in [6.45, 7) is 0. The van der Waals surface area contributed by atoms with Crippen molar-refractivity contribution in [2.45, 2.75) is 5.33 Å². The van der Waals surface area contributed by atoms with Crippen molar-refractivity contribution in [1.82, 2.24) is 0 Å². The molecule has 0 saturated carbocycles. The third kappa shape index (κ3) is 3.20. The molecule has 0 aromatic heterocycles. The minimum Gasteiger partial charge on any atom is -0.457 e. The molecular formula is C13H9BrClFO. The van der Waals surface area contributed by atoms with Gasteiger partial charge in [-0.2, -0.15) is 0 Å². The smallest absolute Gasteiger partial charge is 0.130 e. The summed E-state index contributed by atoms with van der Waals surface area (Å²) < 4.78 is 18.5. The summed E-state index contributed by atoms with van der Waals surface area (Å²) in [4.78, 5) is 0. The number of benzene rings is 2. The molecule has 0 N–H and O–H groups in total. The Hall–Kier alpha value is -1.06. The first kappa shape index (κ1) is 12.4. The number of hydrogen-bond acceptors (Lipinski definition) is 1. The van der Waals surface area contributed by atoms with Crippen LogP contribution in [-0.2, 0) is 5.33 Å². The van der Waals surface area contributed by atoms with E-state index in [4.69, 9.17) is 16.3 Å². The van der Waals surface area contributed by atoms with Crippen molar-refractivity contribution >= 4 is 27.5 Å². The van der Waals surface area contributed by atoms with E-state index in [-0.39, 0.29) is 5.82 Å². The second-order valence-corrected chi connectivity index (χ2v) is 4.41. The van der Waals surface area contributed by atoms with Gasteiger partial charge in [0, 0.05) is 16.4 Å². The lowest BCUT2D eigenvalue weighted by Gasteiger charge is -2.07. The van der Waals surface area contributed by atoms with Crippen molar-refractivity contribution in [3.8, 4) is 11.5 Å². The summed E-state index contributed by atoms with van der Waals surface area (Å²) >= 11 is 9.38. The summed E-state index contributed by atoms with van der Waals surface area (Å²) in [6.07, 6.45) is 0. The molecule has 0 heterocycles. The highest BCUT2D eigenvalue weighted by Gasteiger charge is 2.03. The molecule has 0 unspecified atom stereocenters. The average Bonchev–Trinajstić information content (AvgIpc) is 2.29. The fourth-order valence-corrected chi connectivity index (χ4v) is 2.25. The number of rotatable bonds is 3. The monoisotopic (exact) mass is 314 g/mol. The van der Waals surface area contributed by atoms with Gasteiger partial charge in [0.1, 0.15) is 17.3 Å². The Morgan fingerprint density at radius 2 is 1.88 bits per heavy atom. The largest absolute Gasteiger partial charge is 0.457 e. The van der Waals surface area contributed by atoms with Gasteiger partial charge in [0.05, 0.1) is 0 Å². The first-order valence-electron chi connectivity index (χ1n) is 4.97. The molecule has 2 aromatic rings. The normalized spacial score (nSPS) is 10.3. The van der Waals surface area contributed by atoms with Gasteiger partial charge < -0.3 is 4.74 Å². The summed E-state index contributed by atoms with van der Waals surface area (Å²) in [5, 5.41) is 1.31. The quantitative estimate of drug-likeness (QED) is 0.710. The van der Waals surface area contributed by atoms with Gasteiger partial charge in [0.2, 0.25) is 0 Å². The van der Waals surface area contributed by atoms with E-state index in [0.717, 1.165) is 5.56 Å². The van der Waals surface area contributed by atoms with Crippen molar-refractivity contribution in [2.75, 3.05) is 0 Å². The zero-order valence-electron chi connectivity index (χ0n) is 8.79. The predicted molar refractivity (Wildman–Crippen MR) is 70.6 cm³/mol. The molecule has 2 rings (SSSR count). The van der Waals surface area contributed by atoms with Gasteiger partial charge in [-0.1, -0.05) is 39.7 Å². The molecule has 0 bridgehead atoms. The molecule has 4 heteroatoms. The second-order valence-electron chi connectivity index (χ2n) is 3.45. The lowest BCUT2D eigenvalue weighted by atomic mass is 10.2. The van der Waals surface area contributed by atoms with Crippen LogP contribution >= 0.6 is 27.5 Å². The van der Waals surface area contributed by atoms with E-state index >= 15 is 0 Å². The molecule has 0 aliphatic rings. The number of alkyl halides is 1. The van der Waals surface area contributed by atoms with Crippen molar-refractivity contribution < 1.29 is 9.13 Å². The fraction of sp³-hybridized carbons (Fsp3) is 0.0769. The van der Waals surface area contributed by atoms with Crippen LogP contribution < -0.4 is 4.74 Å². The zero-order valence-corrected chi connectivity index (χ0v) is 11.1. The van der Waals surface area contributed by atoms with Crippen LogP contribution in [0.3, 0.4) is 0 Å². The van der Waals surface area contributed by atoms with Gasteiger partial charge in [0.15, 0.2) is 0 Å². The predicted octanol–water partition coefficient (Wildman–Crippen LogP) is 5.17. The molecular weight excluding hydrogens is 306 g/mol. The fourth-order valence-electron chi connectivity index (χ4n) is 1.37. The van der Waals surface area contributed by atoms with E-state index in [1.807, 2.05) is 6.07 Å². The lowest BCUT2D eigenvalue weighted by Crippen LogP contribution is -1.87. The molecule has 0 atom stereocenters. The first-order valence-corrected chi connectivity index (χ1v) is 6.47. The Kier molecular flexibility index (Phi) is 4.02. The van der Waals surface area contributed by atoms with Gasteiger partial charge in [-0.15, -0.1) is 0 Å². The third-order valence-electron chi connectivity index (χ3n) is 2.20. The van der Waals surface area contributed by atoms with Crippen molar-refractivity contribution in [2.24, 2.45) is 0 Å². The average molecular weight is 316 g/mol. The summed E-state index contributed by atoms with van der Waals surface area (Å²) in [6, 6.07) is 11.4. The van der Waals surface area contributed by atoms with Crippen LogP contribution in [-0.4, -0.2) is 0 Å². The van der Waals surface area contributed by atoms with E-state index in [2.05, 4.69) is 15.9 Å². The Bertz CT molecular complexity index is 531. The van der Waals surface area contributed by atoms with Gasteiger partial charge in [-0.05, 0) is 29.8 Å². The highest BCUT2D eigenvalue weighted by Crippen LogP contribution is 2.28. The van der Waals surface area contributed by atoms with Gasteiger partial charge in [-0.25, -0.2) is 4.39 Å². The van der Waals surface area contributed by atoms with Crippen LogP contribution in [0.4, 0.5) is 4.39 Å². The van der Waals surface area contributed by atoms with E-state index in [0.29, 0.717) is 21.9 Å². The molecule has 0 aliphatic carbocycles. The van der Waals surface area contributed by atoms with Gasteiger partial charge in [0.25, 0.3) is 0 Å². The maximum absolute atomic E-state index is 13.0. The SMILES string of the molecule is Fc1cccc(Oc2ccc(CBr)c(Cl)c2)c1. The van der Waals surface area contributed by atoms with Crippen LogP contribution in [0.5, 0.6) is 11.5 Å². The minimum absolute atomic E-state index is 0.328. The van der Waals surface area contributed by atoms with Crippen molar-refractivity contribution in [3.63, 3.8) is 0 Å². The highest BCUT2D eigenvalue weighted by atomic mass is 79.9. The van der Waals surface area contributed by atoms with Crippen molar-refractivity contribution in [3.05, 3.63) is 58.9 Å². The zero-order chi connectivity index (χ0) is 12.3. The number of halogens is 3. The molecule has 0 amide bonds. The summed E-state index contributed by atoms with van der Waals surface area (Å²) in [5.41, 5.74) is 0.984. The van der Waals surface area contributed by atoms with Crippen LogP contribution in [0.1, 0.15) is 5.56 Å². The molecule has 17 heavy (non-hydrogen) atoms. The highest BCUT2D eigenvalue weighted by molar-refractivity contribution is 9.08. The van der Waals surface area contributed by atoms with Crippen LogP contribution in [0, 0.1) is 5.82 Å². The lowest BCUT2D eigenvalue weighted by molar-refractivity contribution is 0.476. The molecule has 88 valence electrons. The Labute approximate surface area is 112 Å². The molecule has 0 fully saturated rings. The Morgan fingerprint density at radius 1 is 1.12 bits per heavy atom. The molecule has 0 aliphatic heterocycles. The standard InChI is InChI=1S/C13H9BrClFO/c14-8-9-4-5-12(7-13(9)15)17-11-3-1-2-10(16)6-11/h1-7H,8H2. The molecule has 0 spiro atoms. The molecule has 0 radical (unpaired) electrons. The maximum atomic E-state index is 13.0. The Morgan fingerprint density at radius 3 is 2.53 bits per heavy atom. The van der Waals surface area contributed by atoms with E-state index < -0.39 is 0 Å². The molecule has 2 aromatic carbocycles. The maximum Gasteiger partial charge on any atom is 0.130 e. The van der Waals surface area contributed by atoms with E-state index in [1.165, 1.54) is 12.1 Å². The van der Waals surface area contributed by atoms with Crippen LogP contribution in [0.15, 0.2) is 42.5 Å². The molecule has 1 nitrogen and oxygen atoms in total. The topological polar surface area (TPSA) is 9.23 Å². The third-order valence-corrected chi connectivity index (χ3v) is 3.16. The van der Waals surface area contributed by atoms with E-state index in [1.54, 1.807) is 24.3 Å². The van der Waals surface area contributed by atoms with E-state index in [9.17, 15) is 4.39 Å².